The number of nitriles is 1. The zero-order chi connectivity index (χ0) is 25.1. The number of carbonyl (C=O) groups excluding carboxylic acids is 1. The number of fused-ring (bicyclic) bond motifs is 1. The van der Waals surface area contributed by atoms with Crippen LogP contribution >= 0.6 is 11.6 Å². The smallest absolute Gasteiger partial charge is 0.195 e. The van der Waals surface area contributed by atoms with Gasteiger partial charge in [-0.2, -0.15) is 5.26 Å². The molecule has 4 aromatic carbocycles. The molecule has 1 heterocycles. The van der Waals surface area contributed by atoms with E-state index in [1.54, 1.807) is 67.8 Å². The van der Waals surface area contributed by atoms with Crippen LogP contribution in [0.15, 0.2) is 97.2 Å². The van der Waals surface area contributed by atoms with Crippen LogP contribution in [-0.2, 0) is 6.54 Å². The lowest BCUT2D eigenvalue weighted by Gasteiger charge is -2.08. The van der Waals surface area contributed by atoms with Crippen LogP contribution in [0.25, 0.3) is 10.9 Å². The van der Waals surface area contributed by atoms with Gasteiger partial charge < -0.3 is 14.0 Å². The number of halogens is 1. The zero-order valence-electron chi connectivity index (χ0n) is 19.4. The predicted molar refractivity (Wildman–Crippen MR) is 140 cm³/mol. The van der Waals surface area contributed by atoms with Gasteiger partial charge in [-0.15, -0.1) is 0 Å². The second-order valence-corrected chi connectivity index (χ2v) is 8.71. The molecule has 0 aliphatic heterocycles. The normalized spacial score (nSPS) is 10.7. The fourth-order valence-corrected chi connectivity index (χ4v) is 4.20. The Morgan fingerprint density at radius 2 is 1.56 bits per heavy atom. The summed E-state index contributed by atoms with van der Waals surface area (Å²) in [7, 11) is 1.59. The van der Waals surface area contributed by atoms with Gasteiger partial charge in [0.15, 0.2) is 5.78 Å². The highest BCUT2D eigenvalue weighted by Crippen LogP contribution is 2.31. The van der Waals surface area contributed by atoms with Gasteiger partial charge in [0.25, 0.3) is 0 Å². The number of nitrogens with zero attached hydrogens (tertiary/aromatic N) is 2. The minimum Gasteiger partial charge on any atom is -0.497 e. The van der Waals surface area contributed by atoms with Crippen molar-refractivity contribution in [3.05, 3.63) is 124 Å². The van der Waals surface area contributed by atoms with Crippen molar-refractivity contribution < 1.29 is 14.3 Å². The number of ether oxygens (including phenoxy) is 2. The minimum atomic E-state index is -0.0927. The van der Waals surface area contributed by atoms with Crippen LogP contribution in [0.4, 0.5) is 0 Å². The number of carbonyl (C=O) groups is 1. The van der Waals surface area contributed by atoms with Gasteiger partial charge in [0, 0.05) is 39.8 Å². The highest BCUT2D eigenvalue weighted by Gasteiger charge is 2.18. The first kappa shape index (κ1) is 23.2. The molecule has 0 N–H and O–H groups in total. The van der Waals surface area contributed by atoms with Crippen molar-refractivity contribution >= 4 is 28.3 Å². The Labute approximate surface area is 213 Å². The van der Waals surface area contributed by atoms with Gasteiger partial charge in [-0.3, -0.25) is 4.79 Å². The molecule has 0 unspecified atom stereocenters. The summed E-state index contributed by atoms with van der Waals surface area (Å²) >= 11 is 5.99. The molecule has 0 saturated carbocycles. The van der Waals surface area contributed by atoms with Crippen molar-refractivity contribution in [2.75, 3.05) is 7.11 Å². The van der Waals surface area contributed by atoms with Gasteiger partial charge in [-0.05, 0) is 84.4 Å². The van der Waals surface area contributed by atoms with E-state index in [0.29, 0.717) is 45.5 Å². The molecule has 36 heavy (non-hydrogen) atoms. The highest BCUT2D eigenvalue weighted by atomic mass is 35.5. The van der Waals surface area contributed by atoms with Crippen molar-refractivity contribution in [2.24, 2.45) is 0 Å². The molecule has 5 aromatic rings. The van der Waals surface area contributed by atoms with Crippen LogP contribution in [0.2, 0.25) is 5.02 Å². The van der Waals surface area contributed by atoms with E-state index in [1.165, 1.54) is 0 Å². The zero-order valence-corrected chi connectivity index (χ0v) is 20.2. The number of hydrogen-bond donors (Lipinski definition) is 0. The molecule has 6 heteroatoms. The second-order valence-electron chi connectivity index (χ2n) is 8.27. The highest BCUT2D eigenvalue weighted by molar-refractivity contribution is 6.30. The van der Waals surface area contributed by atoms with Crippen LogP contribution in [0, 0.1) is 11.3 Å². The summed E-state index contributed by atoms with van der Waals surface area (Å²) in [6.07, 6.45) is 1.88. The minimum absolute atomic E-state index is 0.0927. The lowest BCUT2D eigenvalue weighted by molar-refractivity contribution is 0.104. The lowest BCUT2D eigenvalue weighted by Crippen LogP contribution is -2.01. The topological polar surface area (TPSA) is 64.2 Å². The van der Waals surface area contributed by atoms with Crippen molar-refractivity contribution in [2.45, 2.75) is 6.54 Å². The molecule has 0 amide bonds. The van der Waals surface area contributed by atoms with Crippen molar-refractivity contribution in [1.82, 2.24) is 4.57 Å². The van der Waals surface area contributed by atoms with Crippen molar-refractivity contribution in [1.29, 1.82) is 5.26 Å². The molecule has 0 fully saturated rings. The summed E-state index contributed by atoms with van der Waals surface area (Å²) in [5.41, 5.74) is 3.67. The molecule has 0 radical (unpaired) electrons. The second kappa shape index (κ2) is 9.99. The number of methoxy groups -OCH3 is 1. The first-order chi connectivity index (χ1) is 17.5. The maximum atomic E-state index is 13.6. The Bertz CT molecular complexity index is 1580. The summed E-state index contributed by atoms with van der Waals surface area (Å²) in [5, 5.41) is 10.5. The number of hydrogen-bond acceptors (Lipinski definition) is 4. The third-order valence-corrected chi connectivity index (χ3v) is 6.19. The maximum Gasteiger partial charge on any atom is 0.195 e. The lowest BCUT2D eigenvalue weighted by atomic mass is 10.0. The first-order valence-corrected chi connectivity index (χ1v) is 11.7. The van der Waals surface area contributed by atoms with E-state index in [-0.39, 0.29) is 5.78 Å². The summed E-state index contributed by atoms with van der Waals surface area (Å²) in [6.45, 7) is 0.551. The quantitative estimate of drug-likeness (QED) is 0.224. The molecule has 0 bridgehead atoms. The maximum absolute atomic E-state index is 13.6. The van der Waals surface area contributed by atoms with Crippen molar-refractivity contribution in [3.8, 4) is 23.3 Å². The number of rotatable bonds is 7. The molecule has 0 saturated heterocycles. The van der Waals surface area contributed by atoms with E-state index in [2.05, 4.69) is 6.07 Å². The average molecular weight is 493 g/mol. The molecule has 0 aliphatic rings. The monoisotopic (exact) mass is 492 g/mol. The van der Waals surface area contributed by atoms with E-state index in [1.807, 2.05) is 41.1 Å². The van der Waals surface area contributed by atoms with E-state index >= 15 is 0 Å². The average Bonchev–Trinajstić information content (AvgIpc) is 3.27. The van der Waals surface area contributed by atoms with Crippen LogP contribution in [0.3, 0.4) is 0 Å². The van der Waals surface area contributed by atoms with Gasteiger partial charge in [0.2, 0.25) is 0 Å². The van der Waals surface area contributed by atoms with E-state index in [0.717, 1.165) is 16.5 Å². The molecule has 1 aromatic heterocycles. The Kier molecular flexibility index (Phi) is 6.44. The van der Waals surface area contributed by atoms with Crippen LogP contribution in [-0.4, -0.2) is 17.5 Å². The van der Waals surface area contributed by atoms with Crippen LogP contribution in [0.1, 0.15) is 27.0 Å². The molecule has 5 rings (SSSR count). The number of ketones is 1. The van der Waals surface area contributed by atoms with Crippen molar-refractivity contribution in [3.63, 3.8) is 0 Å². The Morgan fingerprint density at radius 1 is 0.889 bits per heavy atom. The molecular formula is C30H21ClN2O3. The van der Waals surface area contributed by atoms with E-state index in [9.17, 15) is 4.79 Å². The molecule has 176 valence electrons. The molecular weight excluding hydrogens is 472 g/mol. The van der Waals surface area contributed by atoms with E-state index in [4.69, 9.17) is 26.3 Å². The van der Waals surface area contributed by atoms with E-state index < -0.39 is 0 Å². The van der Waals surface area contributed by atoms with Gasteiger partial charge in [-0.25, -0.2) is 0 Å². The van der Waals surface area contributed by atoms with Gasteiger partial charge in [0.1, 0.15) is 17.2 Å². The molecule has 5 nitrogen and oxygen atoms in total. The van der Waals surface area contributed by atoms with Gasteiger partial charge in [0.05, 0.1) is 18.7 Å². The Morgan fingerprint density at radius 3 is 2.22 bits per heavy atom. The third kappa shape index (κ3) is 4.81. The first-order valence-electron chi connectivity index (χ1n) is 11.3. The number of aromatic nitrogens is 1. The molecule has 0 aliphatic carbocycles. The van der Waals surface area contributed by atoms with Crippen LogP contribution < -0.4 is 9.47 Å². The fraction of sp³-hybridized carbons (Fsp3) is 0.0667. The van der Waals surface area contributed by atoms with Gasteiger partial charge >= 0.3 is 0 Å². The predicted octanol–water partition coefficient (Wildman–Crippen LogP) is 7.25. The largest absolute Gasteiger partial charge is 0.497 e. The summed E-state index contributed by atoms with van der Waals surface area (Å²) in [5.74, 6) is 1.86. The Balaban J connectivity index is 1.56. The SMILES string of the molecule is COc1ccc(C(=O)c2cn(Cc3ccc(C#N)cc3)c3ccc(Oc4ccc(Cl)cc4)cc23)cc1. The summed E-state index contributed by atoms with van der Waals surface area (Å²) < 4.78 is 13.3. The molecule has 0 atom stereocenters. The number of benzene rings is 4. The molecule has 0 spiro atoms. The Hall–Kier alpha value is -4.53. The third-order valence-electron chi connectivity index (χ3n) is 5.93. The standard InChI is InChI=1S/C30H21ClN2O3/c1-35-24-10-6-22(7-11-24)30(34)28-19-33(18-21-4-2-20(17-32)3-5-21)29-15-14-26(16-27(28)29)36-25-12-8-23(31)9-13-25/h2-16,19H,18H2,1H3. The summed E-state index contributed by atoms with van der Waals surface area (Å²) in [4.78, 5) is 13.6. The van der Waals surface area contributed by atoms with Crippen LogP contribution in [0.5, 0.6) is 17.2 Å². The summed E-state index contributed by atoms with van der Waals surface area (Å²) in [6, 6.07) is 29.5. The fourth-order valence-electron chi connectivity index (χ4n) is 4.07. The van der Waals surface area contributed by atoms with Gasteiger partial charge in [-0.1, -0.05) is 23.7 Å².